The van der Waals surface area contributed by atoms with Gasteiger partial charge in [0, 0.05) is 10.4 Å². The van der Waals surface area contributed by atoms with E-state index in [2.05, 4.69) is 0 Å². The SMILES string of the molecule is COc1cccc(-c2ccc(S(=O)(=O)NC(c3ccc(C#N)c(F)c3)P(=O)(O)O)s2)c1OC. The average molecular weight is 512 g/mol. The van der Waals surface area contributed by atoms with Crippen LogP contribution in [-0.2, 0) is 14.6 Å². The fourth-order valence-electron chi connectivity index (χ4n) is 3.02. The standard InChI is InChI=1S/C20H18FN2O7PS2/c1-29-16-5-3-4-14(19(16)30-2)17-8-9-18(32-17)33(27,28)23-20(31(24,25)26)12-6-7-13(11-22)15(21)10-12/h3-10,20,23H,1-2H3,(H2,24,25,26). The Labute approximate surface area is 193 Å². The van der Waals surface area contributed by atoms with E-state index >= 15 is 0 Å². The Hall–Kier alpha value is -2.78. The Kier molecular flexibility index (Phi) is 7.23. The second-order valence-corrected chi connectivity index (χ2v) is 11.3. The maximum Gasteiger partial charge on any atom is 0.347 e. The Morgan fingerprint density at radius 2 is 1.88 bits per heavy atom. The van der Waals surface area contributed by atoms with Crippen LogP contribution in [0.2, 0.25) is 0 Å². The first kappa shape index (κ1) is 24.9. The lowest BCUT2D eigenvalue weighted by molar-refractivity contribution is 0.355. The van der Waals surface area contributed by atoms with Crippen molar-refractivity contribution in [1.82, 2.24) is 4.72 Å². The maximum atomic E-state index is 14.0. The highest BCUT2D eigenvalue weighted by atomic mass is 32.2. The summed E-state index contributed by atoms with van der Waals surface area (Å²) < 4.78 is 64.3. The molecule has 174 valence electrons. The van der Waals surface area contributed by atoms with Crippen LogP contribution in [0.4, 0.5) is 4.39 Å². The molecule has 0 aliphatic heterocycles. The fraction of sp³-hybridized carbons (Fsp3) is 0.150. The number of hydrogen-bond donors (Lipinski definition) is 3. The predicted molar refractivity (Wildman–Crippen MR) is 119 cm³/mol. The van der Waals surface area contributed by atoms with Gasteiger partial charge in [0.2, 0.25) is 0 Å². The topological polar surface area (TPSA) is 146 Å². The molecular formula is C20H18FN2O7PS2. The number of nitrogens with zero attached hydrogens (tertiary/aromatic N) is 1. The van der Waals surface area contributed by atoms with Crippen LogP contribution in [0, 0.1) is 17.1 Å². The van der Waals surface area contributed by atoms with E-state index in [0.29, 0.717) is 28.0 Å². The molecule has 0 saturated heterocycles. The monoisotopic (exact) mass is 512 g/mol. The van der Waals surface area contributed by atoms with Crippen LogP contribution in [0.15, 0.2) is 52.7 Å². The summed E-state index contributed by atoms with van der Waals surface area (Å²) in [5.74, 6) is -2.26. The van der Waals surface area contributed by atoms with Crippen molar-refractivity contribution in [2.75, 3.05) is 14.2 Å². The summed E-state index contributed by atoms with van der Waals surface area (Å²) in [5, 5.41) is 8.84. The number of para-hydroxylation sites is 1. The van der Waals surface area contributed by atoms with Crippen LogP contribution < -0.4 is 14.2 Å². The summed E-state index contributed by atoms with van der Waals surface area (Å²) in [4.78, 5) is 20.0. The van der Waals surface area contributed by atoms with E-state index in [1.165, 1.54) is 26.4 Å². The maximum absolute atomic E-state index is 14.0. The molecule has 0 aliphatic rings. The van der Waals surface area contributed by atoms with E-state index in [9.17, 15) is 27.2 Å². The average Bonchev–Trinajstić information content (AvgIpc) is 3.27. The van der Waals surface area contributed by atoms with E-state index in [1.54, 1.807) is 24.3 Å². The molecule has 3 aromatic rings. The van der Waals surface area contributed by atoms with Gasteiger partial charge in [0.05, 0.1) is 19.8 Å². The molecule has 33 heavy (non-hydrogen) atoms. The first-order chi connectivity index (χ1) is 15.5. The molecule has 13 heteroatoms. The van der Waals surface area contributed by atoms with Crippen molar-refractivity contribution in [2.24, 2.45) is 0 Å². The van der Waals surface area contributed by atoms with E-state index < -0.39 is 29.2 Å². The number of hydrogen-bond acceptors (Lipinski definition) is 7. The number of thiophene rings is 1. The molecule has 1 heterocycles. The summed E-state index contributed by atoms with van der Waals surface area (Å²) in [7, 11) is -6.63. The molecule has 2 aromatic carbocycles. The van der Waals surface area contributed by atoms with Gasteiger partial charge in [-0.1, -0.05) is 12.1 Å². The third-order valence-corrected chi connectivity index (χ3v) is 8.85. The number of halogens is 1. The molecule has 0 fully saturated rings. The number of methoxy groups -OCH3 is 2. The number of ether oxygens (including phenoxy) is 2. The Morgan fingerprint density at radius 3 is 2.45 bits per heavy atom. The van der Waals surface area contributed by atoms with Crippen LogP contribution in [0.5, 0.6) is 11.5 Å². The molecule has 3 rings (SSSR count). The second kappa shape index (κ2) is 9.61. The van der Waals surface area contributed by atoms with Gasteiger partial charge < -0.3 is 19.3 Å². The van der Waals surface area contributed by atoms with Crippen molar-refractivity contribution >= 4 is 29.0 Å². The summed E-state index contributed by atoms with van der Waals surface area (Å²) in [6.07, 6.45) is 0. The Balaban J connectivity index is 1.99. The lowest BCUT2D eigenvalue weighted by atomic mass is 10.1. The summed E-state index contributed by atoms with van der Waals surface area (Å²) >= 11 is 0.843. The molecule has 0 radical (unpaired) electrons. The van der Waals surface area contributed by atoms with Gasteiger partial charge in [-0.05, 0) is 42.0 Å². The molecule has 1 unspecified atom stereocenters. The lowest BCUT2D eigenvalue weighted by Crippen LogP contribution is -2.28. The predicted octanol–water partition coefficient (Wildman–Crippen LogP) is 3.60. The van der Waals surface area contributed by atoms with Crippen LogP contribution >= 0.6 is 18.9 Å². The summed E-state index contributed by atoms with van der Waals surface area (Å²) in [5.41, 5.74) is -0.111. The highest BCUT2D eigenvalue weighted by Gasteiger charge is 2.36. The normalized spacial score (nSPS) is 12.7. The van der Waals surface area contributed by atoms with Crippen LogP contribution in [0.1, 0.15) is 16.9 Å². The smallest absolute Gasteiger partial charge is 0.347 e. The third kappa shape index (κ3) is 5.25. The van der Waals surface area contributed by atoms with E-state index in [1.807, 2.05) is 4.72 Å². The summed E-state index contributed by atoms with van der Waals surface area (Å²) in [6.45, 7) is 0. The van der Waals surface area contributed by atoms with Gasteiger partial charge in [-0.15, -0.1) is 11.3 Å². The lowest BCUT2D eigenvalue weighted by Gasteiger charge is -2.20. The number of nitrogens with one attached hydrogen (secondary N) is 1. The van der Waals surface area contributed by atoms with E-state index in [0.717, 1.165) is 23.5 Å². The molecule has 1 atom stereocenters. The molecule has 0 bridgehead atoms. The minimum Gasteiger partial charge on any atom is -0.493 e. The van der Waals surface area contributed by atoms with Gasteiger partial charge in [-0.3, -0.25) is 4.57 Å². The van der Waals surface area contributed by atoms with Crippen molar-refractivity contribution in [2.45, 2.75) is 9.99 Å². The molecule has 0 spiro atoms. The van der Waals surface area contributed by atoms with Crippen molar-refractivity contribution in [3.8, 4) is 28.0 Å². The largest absolute Gasteiger partial charge is 0.493 e. The highest BCUT2D eigenvalue weighted by molar-refractivity contribution is 7.92. The van der Waals surface area contributed by atoms with Gasteiger partial charge >= 0.3 is 7.60 Å². The molecule has 1 aromatic heterocycles. The quantitative estimate of drug-likeness (QED) is 0.388. The minimum absolute atomic E-state index is 0.227. The third-order valence-electron chi connectivity index (χ3n) is 4.55. The van der Waals surface area contributed by atoms with Crippen LogP contribution in [-0.4, -0.2) is 32.4 Å². The fourth-order valence-corrected chi connectivity index (χ4v) is 6.94. The van der Waals surface area contributed by atoms with Crippen LogP contribution in [0.25, 0.3) is 10.4 Å². The second-order valence-electron chi connectivity index (χ2n) is 6.62. The zero-order valence-electron chi connectivity index (χ0n) is 17.2. The van der Waals surface area contributed by atoms with Crippen LogP contribution in [0.3, 0.4) is 0 Å². The molecule has 0 amide bonds. The van der Waals surface area contributed by atoms with Crippen molar-refractivity contribution < 1.29 is 36.6 Å². The van der Waals surface area contributed by atoms with Gasteiger partial charge in [-0.25, -0.2) is 12.8 Å². The van der Waals surface area contributed by atoms with Gasteiger partial charge in [0.15, 0.2) is 11.5 Å². The molecule has 0 saturated carbocycles. The molecule has 3 N–H and O–H groups in total. The van der Waals surface area contributed by atoms with E-state index in [4.69, 9.17) is 14.7 Å². The first-order valence-corrected chi connectivity index (χ1v) is 13.1. The molecule has 9 nitrogen and oxygen atoms in total. The first-order valence-electron chi connectivity index (χ1n) is 9.10. The van der Waals surface area contributed by atoms with Crippen molar-refractivity contribution in [1.29, 1.82) is 5.26 Å². The zero-order chi connectivity index (χ0) is 24.4. The molecule has 0 aliphatic carbocycles. The summed E-state index contributed by atoms with van der Waals surface area (Å²) in [6, 6.07) is 12.3. The Morgan fingerprint density at radius 1 is 1.15 bits per heavy atom. The number of sulfonamides is 1. The molecular weight excluding hydrogens is 494 g/mol. The Bertz CT molecular complexity index is 1380. The number of nitriles is 1. The minimum atomic E-state index is -5.10. The highest BCUT2D eigenvalue weighted by Crippen LogP contribution is 2.51. The van der Waals surface area contributed by atoms with Gasteiger partial charge in [0.1, 0.15) is 21.9 Å². The van der Waals surface area contributed by atoms with Crippen molar-refractivity contribution in [3.63, 3.8) is 0 Å². The number of rotatable bonds is 8. The van der Waals surface area contributed by atoms with Gasteiger partial charge in [0.25, 0.3) is 10.0 Å². The van der Waals surface area contributed by atoms with Gasteiger partial charge in [-0.2, -0.15) is 9.98 Å². The number of benzene rings is 2. The van der Waals surface area contributed by atoms with E-state index in [-0.39, 0.29) is 15.3 Å². The van der Waals surface area contributed by atoms with Crippen molar-refractivity contribution in [3.05, 3.63) is 65.5 Å². The zero-order valence-corrected chi connectivity index (χ0v) is 19.7.